The van der Waals surface area contributed by atoms with E-state index in [2.05, 4.69) is 34.6 Å². The lowest BCUT2D eigenvalue weighted by molar-refractivity contribution is 0.0369. The Bertz CT molecular complexity index is 1210. The van der Waals surface area contributed by atoms with Crippen LogP contribution in [-0.4, -0.2) is 54.6 Å². The largest absolute Gasteiger partial charge is 0.527 e. The Morgan fingerprint density at radius 3 is 2.00 bits per heavy atom. The molecule has 0 spiro atoms. The first-order chi connectivity index (χ1) is 22.4. The second-order valence-corrected chi connectivity index (χ2v) is 27.1. The van der Waals surface area contributed by atoms with Gasteiger partial charge in [-0.2, -0.15) is 0 Å². The Morgan fingerprint density at radius 1 is 0.833 bits per heavy atom. The van der Waals surface area contributed by atoms with Gasteiger partial charge in [-0.1, -0.05) is 72.6 Å². The molecule has 2 rings (SSSR count). The SMILES string of the molecule is Cc1c(C)c2c(c(C)c1OP(=O)(O)OCCOCCOCCPP(=O)(O)I)CCC(C)(CCC[C@H](C)CCC[C@H](C)CCCC(C)C)O2. The normalized spacial score (nSPS) is 20.3. The summed E-state index contributed by atoms with van der Waals surface area (Å²) in [5.74, 6) is 3.62. The van der Waals surface area contributed by atoms with Gasteiger partial charge in [-0.25, -0.2) is 4.57 Å². The maximum atomic E-state index is 12.9. The molecular formula is C35H64IO9P3. The highest BCUT2D eigenvalue weighted by molar-refractivity contribution is 14.2. The second kappa shape index (κ2) is 21.7. The minimum atomic E-state index is -4.39. The number of rotatable bonds is 25. The van der Waals surface area contributed by atoms with Crippen LogP contribution in [0, 0.1) is 38.5 Å². The van der Waals surface area contributed by atoms with Gasteiger partial charge in [0, 0.05) is 27.6 Å². The zero-order chi connectivity index (χ0) is 36.0. The molecule has 0 saturated heterocycles. The standard InChI is InChI=1S/C35H64IO9P3/c1-26(2)12-9-13-27(3)14-10-15-28(4)16-11-18-35(8)19-17-32-31(7)33(29(5)30(6)34(32)44-35)45-48(39,40)43-23-22-41-20-21-42-24-25-46-47(36,37)38/h26-28,46H,9-25H2,1-8H3,(H,37,38)(H,39,40)/t27-,28-,35?/m1/s1. The van der Waals surface area contributed by atoms with Gasteiger partial charge < -0.3 is 23.6 Å². The second-order valence-electron chi connectivity index (χ2n) is 14.4. The summed E-state index contributed by atoms with van der Waals surface area (Å²) in [5.41, 5.74) is 3.31. The van der Waals surface area contributed by atoms with E-state index in [4.69, 9.17) is 23.3 Å². The predicted molar refractivity (Wildman–Crippen MR) is 208 cm³/mol. The fourth-order valence-corrected chi connectivity index (χ4v) is 11.0. The monoisotopic (exact) mass is 848 g/mol. The quantitative estimate of drug-likeness (QED) is 0.0563. The van der Waals surface area contributed by atoms with Crippen LogP contribution in [-0.2, 0) is 29.5 Å². The number of halogens is 1. The molecule has 0 aliphatic carbocycles. The molecule has 0 amide bonds. The first kappa shape index (κ1) is 44.4. The van der Waals surface area contributed by atoms with Crippen molar-refractivity contribution in [1.82, 2.24) is 0 Å². The fourth-order valence-electron chi connectivity index (χ4n) is 6.33. The molecule has 280 valence electrons. The lowest BCUT2D eigenvalue weighted by Gasteiger charge is -2.38. The van der Waals surface area contributed by atoms with Crippen molar-refractivity contribution in [2.75, 3.05) is 39.2 Å². The van der Waals surface area contributed by atoms with E-state index in [9.17, 15) is 18.9 Å². The van der Waals surface area contributed by atoms with Crippen LogP contribution in [0.15, 0.2) is 0 Å². The fraction of sp³-hybridized carbons (Fsp3) is 0.829. The van der Waals surface area contributed by atoms with Crippen LogP contribution in [0.5, 0.6) is 11.5 Å². The maximum absolute atomic E-state index is 12.9. The molecule has 2 N–H and O–H groups in total. The Labute approximate surface area is 306 Å². The van der Waals surface area contributed by atoms with Crippen LogP contribution in [0.4, 0.5) is 0 Å². The number of phosphoric ester groups is 1. The van der Waals surface area contributed by atoms with Crippen LogP contribution in [0.25, 0.3) is 0 Å². The van der Waals surface area contributed by atoms with Gasteiger partial charge in [0.15, 0.2) is 0 Å². The third-order valence-electron chi connectivity index (χ3n) is 9.45. The Balaban J connectivity index is 1.79. The summed E-state index contributed by atoms with van der Waals surface area (Å²) in [5, 5.41) is 0. The van der Waals surface area contributed by atoms with Gasteiger partial charge in [0.2, 0.25) is 0 Å². The molecule has 0 fully saturated rings. The summed E-state index contributed by atoms with van der Waals surface area (Å²) >= 11 is 1.57. The molecule has 1 aromatic carbocycles. The Hall–Kier alpha value is 0.240. The Morgan fingerprint density at radius 2 is 1.40 bits per heavy atom. The van der Waals surface area contributed by atoms with Crippen molar-refractivity contribution in [3.8, 4) is 11.5 Å². The van der Waals surface area contributed by atoms with Gasteiger partial charge in [-0.3, -0.25) is 14.0 Å². The molecule has 0 radical (unpaired) electrons. The van der Waals surface area contributed by atoms with Gasteiger partial charge in [0.05, 0.1) is 33.0 Å². The predicted octanol–water partition coefficient (Wildman–Crippen LogP) is 10.9. The molecule has 6 atom stereocenters. The Kier molecular flexibility index (Phi) is 20.1. The third kappa shape index (κ3) is 17.2. The molecular weight excluding hydrogens is 784 g/mol. The van der Waals surface area contributed by atoms with Crippen molar-refractivity contribution in [2.24, 2.45) is 17.8 Å². The summed E-state index contributed by atoms with van der Waals surface area (Å²) in [6, 6.07) is 0. The van der Waals surface area contributed by atoms with Gasteiger partial charge >= 0.3 is 7.82 Å². The first-order valence-corrected chi connectivity index (χ1v) is 25.8. The van der Waals surface area contributed by atoms with E-state index in [0.717, 1.165) is 71.4 Å². The van der Waals surface area contributed by atoms with E-state index in [1.54, 1.807) is 22.0 Å². The van der Waals surface area contributed by atoms with Crippen LogP contribution in [0.2, 0.25) is 0 Å². The van der Waals surface area contributed by atoms with E-state index in [0.29, 0.717) is 25.1 Å². The minimum absolute atomic E-state index is 0.0401. The lowest BCUT2D eigenvalue weighted by atomic mass is 9.84. The summed E-state index contributed by atoms with van der Waals surface area (Å²) < 4.78 is 49.5. The van der Waals surface area contributed by atoms with Crippen molar-refractivity contribution < 1.29 is 42.2 Å². The summed E-state index contributed by atoms with van der Waals surface area (Å²) in [6.07, 6.45) is 13.6. The van der Waals surface area contributed by atoms with E-state index in [1.807, 2.05) is 20.8 Å². The van der Waals surface area contributed by atoms with E-state index in [1.165, 1.54) is 44.9 Å². The van der Waals surface area contributed by atoms with Gasteiger partial charge in [-0.05, 0) is 102 Å². The molecule has 0 aromatic heterocycles. The highest BCUT2D eigenvalue weighted by Gasteiger charge is 2.36. The number of ether oxygens (including phenoxy) is 3. The van der Waals surface area contributed by atoms with Crippen molar-refractivity contribution in [2.45, 2.75) is 132 Å². The van der Waals surface area contributed by atoms with E-state index >= 15 is 0 Å². The summed E-state index contributed by atoms with van der Waals surface area (Å²) in [6.45, 7) is 18.4. The highest BCUT2D eigenvalue weighted by Crippen LogP contribution is 2.66. The van der Waals surface area contributed by atoms with E-state index < -0.39 is 12.5 Å². The average molecular weight is 849 g/mol. The molecule has 9 nitrogen and oxygen atoms in total. The van der Waals surface area contributed by atoms with Crippen molar-refractivity contribution >= 4 is 42.8 Å². The zero-order valence-electron chi connectivity index (χ0n) is 30.8. The topological polar surface area (TPSA) is 121 Å². The number of benzene rings is 1. The highest BCUT2D eigenvalue weighted by atomic mass is 127. The summed E-state index contributed by atoms with van der Waals surface area (Å²) in [7, 11) is -4.43. The van der Waals surface area contributed by atoms with Crippen molar-refractivity contribution in [3.63, 3.8) is 0 Å². The van der Waals surface area contributed by atoms with Gasteiger partial charge in [0.1, 0.15) is 17.1 Å². The molecule has 1 aliphatic heterocycles. The number of phosphoric acid groups is 1. The van der Waals surface area contributed by atoms with Crippen LogP contribution >= 0.6 is 42.8 Å². The van der Waals surface area contributed by atoms with Gasteiger partial charge in [0.25, 0.3) is 4.70 Å². The molecule has 13 heteroatoms. The minimum Gasteiger partial charge on any atom is -0.487 e. The molecule has 1 heterocycles. The van der Waals surface area contributed by atoms with E-state index in [-0.39, 0.29) is 33.7 Å². The van der Waals surface area contributed by atoms with Gasteiger partial charge in [-0.15, -0.1) is 0 Å². The smallest absolute Gasteiger partial charge is 0.487 e. The number of fused-ring (bicyclic) bond motifs is 1. The lowest BCUT2D eigenvalue weighted by Crippen LogP contribution is -2.37. The van der Waals surface area contributed by atoms with Crippen molar-refractivity contribution in [3.05, 3.63) is 22.3 Å². The van der Waals surface area contributed by atoms with Crippen LogP contribution in [0.1, 0.15) is 121 Å². The average Bonchev–Trinajstić information content (AvgIpc) is 2.98. The summed E-state index contributed by atoms with van der Waals surface area (Å²) in [4.78, 5) is 19.8. The molecule has 48 heavy (non-hydrogen) atoms. The first-order valence-electron chi connectivity index (χ1n) is 17.8. The molecule has 4 unspecified atom stereocenters. The van der Waals surface area contributed by atoms with Crippen molar-refractivity contribution in [1.29, 1.82) is 0 Å². The number of hydrogen-bond acceptors (Lipinski definition) is 7. The number of hydrogen-bond donors (Lipinski definition) is 2. The molecule has 1 aromatic rings. The zero-order valence-corrected chi connectivity index (χ0v) is 35.7. The third-order valence-corrected chi connectivity index (χ3v) is 16.1. The molecule has 0 saturated carbocycles. The molecule has 0 bridgehead atoms. The van der Waals surface area contributed by atoms with Crippen LogP contribution in [0.3, 0.4) is 0 Å². The maximum Gasteiger partial charge on any atom is 0.527 e. The van der Waals surface area contributed by atoms with Crippen LogP contribution < -0.4 is 9.26 Å². The molecule has 1 aliphatic rings.